The van der Waals surface area contributed by atoms with Crippen molar-refractivity contribution in [1.29, 1.82) is 0 Å². The first-order valence-electron chi connectivity index (χ1n) is 21.7. The van der Waals surface area contributed by atoms with Crippen molar-refractivity contribution in [2.24, 2.45) is 16.0 Å². The van der Waals surface area contributed by atoms with Crippen LogP contribution < -0.4 is 25.0 Å². The lowest BCUT2D eigenvalue weighted by Crippen LogP contribution is -2.44. The molecule has 66 heavy (non-hydrogen) atoms. The van der Waals surface area contributed by atoms with Gasteiger partial charge in [-0.2, -0.15) is 0 Å². The monoisotopic (exact) mass is 890 g/mol. The minimum absolute atomic E-state index is 0.277. The van der Waals surface area contributed by atoms with Crippen molar-refractivity contribution < 1.29 is 9.47 Å². The maximum Gasteiger partial charge on any atom is 0.148 e. The highest BCUT2D eigenvalue weighted by molar-refractivity contribution is 5.84. The van der Waals surface area contributed by atoms with E-state index in [4.69, 9.17) is 42.7 Å². The average Bonchev–Trinajstić information content (AvgIpc) is 4.12. The van der Waals surface area contributed by atoms with Gasteiger partial charge in [-0.1, -0.05) is 21.4 Å². The minimum Gasteiger partial charge on any atom is -0.487 e. The number of nitrogens with two attached hydrogens (primary N) is 1. The van der Waals surface area contributed by atoms with Gasteiger partial charge < -0.3 is 44.8 Å². The number of nitrogens with zero attached hydrogens (tertiary/aromatic N) is 15. The Balaban J connectivity index is 0.000000180. The Hall–Kier alpha value is -7.78. The highest BCUT2D eigenvalue weighted by Gasteiger charge is 2.17. The first kappa shape index (κ1) is 46.2. The van der Waals surface area contributed by atoms with Gasteiger partial charge in [-0.3, -0.25) is 4.68 Å². The van der Waals surface area contributed by atoms with E-state index < -0.39 is 0 Å². The van der Waals surface area contributed by atoms with Crippen molar-refractivity contribution in [2.45, 2.75) is 13.2 Å². The van der Waals surface area contributed by atoms with Crippen LogP contribution in [0, 0.1) is 12.3 Å². The summed E-state index contributed by atoms with van der Waals surface area (Å²) in [4.78, 5) is 31.2. The Labute approximate surface area is 382 Å². The normalized spacial score (nSPS) is 14.0. The number of benzene rings is 4. The SMILES string of the molecule is C#CCOc1ccc(-c2nc3ccc(N4CCN(C)CC4)cc3[nH]2)cc1.CN1CCN(c2ccc3nc(-c4ccc(OCc5cn(CCN=[N+]=[N-])nn5)cc4)[nH]c3c2)CC1.[N-]=[N+]=NCCN. The lowest BCUT2D eigenvalue weighted by molar-refractivity contribution is 0.301. The maximum atomic E-state index is 8.34. The molecule has 340 valence electrons. The summed E-state index contributed by atoms with van der Waals surface area (Å²) in [7, 11) is 4.34. The first-order chi connectivity index (χ1) is 32.3. The molecule has 2 aliphatic heterocycles. The van der Waals surface area contributed by atoms with E-state index in [1.807, 2.05) is 48.5 Å². The highest BCUT2D eigenvalue weighted by Crippen LogP contribution is 2.28. The van der Waals surface area contributed by atoms with Gasteiger partial charge in [0.15, 0.2) is 0 Å². The molecular formula is C46H54N18O2. The summed E-state index contributed by atoms with van der Waals surface area (Å²) in [6.45, 7) is 10.8. The number of H-pyrrole nitrogens is 2. The molecule has 7 aromatic rings. The molecule has 0 bridgehead atoms. The van der Waals surface area contributed by atoms with Crippen LogP contribution in [0.4, 0.5) is 11.4 Å². The zero-order valence-corrected chi connectivity index (χ0v) is 37.2. The molecule has 0 radical (unpaired) electrons. The number of nitrogens with one attached hydrogen (secondary N) is 2. The van der Waals surface area contributed by atoms with E-state index in [9.17, 15) is 0 Å². The minimum atomic E-state index is 0.277. The molecule has 0 amide bonds. The zero-order valence-electron chi connectivity index (χ0n) is 37.2. The molecule has 2 aliphatic rings. The van der Waals surface area contributed by atoms with E-state index in [1.54, 1.807) is 10.9 Å². The number of hydrogen-bond donors (Lipinski definition) is 3. The Morgan fingerprint density at radius 1 is 0.697 bits per heavy atom. The Morgan fingerprint density at radius 2 is 1.20 bits per heavy atom. The third-order valence-electron chi connectivity index (χ3n) is 11.0. The summed E-state index contributed by atoms with van der Waals surface area (Å²) < 4.78 is 12.9. The Kier molecular flexibility index (Phi) is 16.3. The molecule has 20 heteroatoms. The van der Waals surface area contributed by atoms with Crippen molar-refractivity contribution in [3.05, 3.63) is 118 Å². The second kappa shape index (κ2) is 23.2. The van der Waals surface area contributed by atoms with Gasteiger partial charge in [0, 0.05) is 104 Å². The van der Waals surface area contributed by atoms with Crippen LogP contribution in [0.1, 0.15) is 5.69 Å². The molecule has 5 heterocycles. The fourth-order valence-corrected chi connectivity index (χ4v) is 7.30. The number of anilines is 2. The second-order valence-corrected chi connectivity index (χ2v) is 15.7. The molecule has 0 aliphatic carbocycles. The topological polar surface area (TPSA) is 243 Å². The first-order valence-corrected chi connectivity index (χ1v) is 21.7. The summed E-state index contributed by atoms with van der Waals surface area (Å²) in [5, 5.41) is 14.7. The van der Waals surface area contributed by atoms with Crippen LogP contribution in [0.3, 0.4) is 0 Å². The number of terminal acetylenes is 1. The summed E-state index contributed by atoms with van der Waals surface area (Å²) >= 11 is 0. The maximum absolute atomic E-state index is 8.34. The molecule has 0 unspecified atom stereocenters. The third kappa shape index (κ3) is 12.7. The molecule has 4 N–H and O–H groups in total. The highest BCUT2D eigenvalue weighted by atomic mass is 16.5. The smallest absolute Gasteiger partial charge is 0.148 e. The van der Waals surface area contributed by atoms with E-state index >= 15 is 0 Å². The number of hydrogen-bond acceptors (Lipinski definition) is 13. The van der Waals surface area contributed by atoms with E-state index in [-0.39, 0.29) is 6.61 Å². The number of piperazine rings is 2. The number of azide groups is 2. The van der Waals surface area contributed by atoms with E-state index in [2.05, 4.69) is 116 Å². The number of ether oxygens (including phenoxy) is 2. The summed E-state index contributed by atoms with van der Waals surface area (Å²) in [6, 6.07) is 28.5. The third-order valence-corrected chi connectivity index (χ3v) is 11.0. The largest absolute Gasteiger partial charge is 0.487 e. The van der Waals surface area contributed by atoms with Crippen LogP contribution in [0.15, 0.2) is 101 Å². The van der Waals surface area contributed by atoms with Gasteiger partial charge in [0.05, 0.1) is 28.3 Å². The molecule has 20 nitrogen and oxygen atoms in total. The number of aromatic amines is 2. The predicted molar refractivity (Wildman–Crippen MR) is 258 cm³/mol. The molecular weight excluding hydrogens is 837 g/mol. The number of fused-ring (bicyclic) bond motifs is 2. The van der Waals surface area contributed by atoms with Crippen LogP contribution in [0.2, 0.25) is 0 Å². The number of imidazole rings is 2. The molecule has 3 aromatic heterocycles. The Morgan fingerprint density at radius 3 is 1.67 bits per heavy atom. The van der Waals surface area contributed by atoms with E-state index in [1.165, 1.54) is 11.4 Å². The van der Waals surface area contributed by atoms with Gasteiger partial charge in [0.2, 0.25) is 0 Å². The predicted octanol–water partition coefficient (Wildman–Crippen LogP) is 6.71. The molecule has 0 spiro atoms. The number of likely N-dealkylation sites (N-methyl/N-ethyl adjacent to an activating group) is 2. The van der Waals surface area contributed by atoms with Crippen molar-refractivity contribution >= 4 is 33.4 Å². The van der Waals surface area contributed by atoms with Crippen LogP contribution in [-0.4, -0.2) is 137 Å². The van der Waals surface area contributed by atoms with Crippen LogP contribution in [-0.2, 0) is 13.2 Å². The molecule has 9 rings (SSSR count). The van der Waals surface area contributed by atoms with E-state index in [0.29, 0.717) is 38.5 Å². The molecule has 2 fully saturated rings. The van der Waals surface area contributed by atoms with Crippen molar-refractivity contribution in [2.75, 3.05) is 102 Å². The van der Waals surface area contributed by atoms with Gasteiger partial charge in [0.1, 0.15) is 42.1 Å². The van der Waals surface area contributed by atoms with Crippen LogP contribution in [0.5, 0.6) is 11.5 Å². The zero-order chi connectivity index (χ0) is 46.1. The Bertz CT molecular complexity index is 2760. The number of rotatable bonds is 14. The van der Waals surface area contributed by atoms with Gasteiger partial charge in [0.25, 0.3) is 0 Å². The molecule has 0 atom stereocenters. The fraction of sp³-hybridized carbons (Fsp3) is 0.348. The van der Waals surface area contributed by atoms with Crippen molar-refractivity contribution in [1.82, 2.24) is 44.7 Å². The molecule has 0 saturated carbocycles. The molecule has 2 saturated heterocycles. The van der Waals surface area contributed by atoms with Gasteiger partial charge >= 0.3 is 0 Å². The van der Waals surface area contributed by atoms with Crippen LogP contribution >= 0.6 is 0 Å². The lowest BCUT2D eigenvalue weighted by atomic mass is 10.2. The quantitative estimate of drug-likeness (QED) is 0.0448. The van der Waals surface area contributed by atoms with Crippen LogP contribution in [0.25, 0.3) is 65.7 Å². The number of aromatic nitrogens is 7. The average molecular weight is 891 g/mol. The van der Waals surface area contributed by atoms with Gasteiger partial charge in [-0.15, -0.1) is 11.5 Å². The second-order valence-electron chi connectivity index (χ2n) is 15.7. The molecule has 4 aromatic carbocycles. The van der Waals surface area contributed by atoms with Crippen molar-refractivity contribution in [3.8, 4) is 46.6 Å². The fourth-order valence-electron chi connectivity index (χ4n) is 7.30. The summed E-state index contributed by atoms with van der Waals surface area (Å²) in [5.41, 5.74) is 30.1. The van der Waals surface area contributed by atoms with Crippen molar-refractivity contribution in [3.63, 3.8) is 0 Å². The van der Waals surface area contributed by atoms with Gasteiger partial charge in [-0.25, -0.2) is 9.97 Å². The lowest BCUT2D eigenvalue weighted by Gasteiger charge is -2.34. The van der Waals surface area contributed by atoms with Gasteiger partial charge in [-0.05, 0) is 117 Å². The summed E-state index contributed by atoms with van der Waals surface area (Å²) in [6.07, 6.45) is 7.00. The van der Waals surface area contributed by atoms with E-state index in [0.717, 1.165) is 109 Å². The standard InChI is InChI=1S/C23H26N10O.C21H22N4O.C2H6N4/c1-31-10-12-32(13-11-31)19-4-7-21-22(14-19)27-23(26-21)17-2-5-20(6-3-17)34-16-18-15-33(30-28-18)9-8-25-29-24;1-3-14-26-18-7-4-16(5-8-18)21-22-19-9-6-17(15-20(19)23-21)25-12-10-24(2)11-13-25;3-1-2-5-6-4/h2-7,14-15H,8-13,16H2,1H3,(H,26,27);1,4-9,15H,10-14H2,2H3,(H,22,23);1-3H2. The summed E-state index contributed by atoms with van der Waals surface area (Å²) in [5.74, 6) is 5.66.